The lowest BCUT2D eigenvalue weighted by molar-refractivity contribution is -0.139. The van der Waals surface area contributed by atoms with Gasteiger partial charge in [0.05, 0.1) is 19.8 Å². The van der Waals surface area contributed by atoms with Gasteiger partial charge in [-0.25, -0.2) is 4.79 Å². The molecule has 1 amide bonds. The molecule has 1 aliphatic rings. The normalized spacial score (nSPS) is 17.0. The summed E-state index contributed by atoms with van der Waals surface area (Å²) in [7, 11) is 1.39. The minimum Gasteiger partial charge on any atom is -0.491 e. The zero-order chi connectivity index (χ0) is 17.8. The number of nitrogens with zero attached hydrogens (tertiary/aromatic N) is 1. The maximum Gasteiger partial charge on any atom is 0.340 e. The molecule has 0 saturated heterocycles. The van der Waals surface area contributed by atoms with Gasteiger partial charge in [0.25, 0.3) is 5.91 Å². The van der Waals surface area contributed by atoms with Crippen molar-refractivity contribution in [2.24, 2.45) is 0 Å². The fraction of sp³-hybridized carbons (Fsp3) is 0.200. The van der Waals surface area contributed by atoms with Crippen molar-refractivity contribution >= 4 is 17.6 Å². The summed E-state index contributed by atoms with van der Waals surface area (Å²) in [6, 6.07) is 18.0. The van der Waals surface area contributed by atoms with Crippen LogP contribution < -0.4 is 4.90 Å². The Hall–Kier alpha value is -3.08. The molecule has 5 heteroatoms. The molecule has 0 fully saturated rings. The average molecular weight is 337 g/mol. The van der Waals surface area contributed by atoms with E-state index < -0.39 is 12.0 Å². The summed E-state index contributed by atoms with van der Waals surface area (Å²) in [5, 5.41) is 0. The lowest BCUT2D eigenvalue weighted by Crippen LogP contribution is -2.31. The highest BCUT2D eigenvalue weighted by Gasteiger charge is 2.45. The van der Waals surface area contributed by atoms with E-state index in [-0.39, 0.29) is 23.8 Å². The van der Waals surface area contributed by atoms with E-state index in [1.54, 1.807) is 11.8 Å². The van der Waals surface area contributed by atoms with E-state index in [1.165, 1.54) is 7.11 Å². The van der Waals surface area contributed by atoms with Gasteiger partial charge in [0.15, 0.2) is 5.76 Å². The lowest BCUT2D eigenvalue weighted by atomic mass is 9.99. The van der Waals surface area contributed by atoms with Crippen molar-refractivity contribution in [1.82, 2.24) is 0 Å². The van der Waals surface area contributed by atoms with Gasteiger partial charge in [-0.2, -0.15) is 0 Å². The Morgan fingerprint density at radius 1 is 1.04 bits per heavy atom. The van der Waals surface area contributed by atoms with Gasteiger partial charge in [0, 0.05) is 5.69 Å². The highest BCUT2D eigenvalue weighted by atomic mass is 16.5. The molecule has 2 aromatic rings. The second kappa shape index (κ2) is 7.21. The second-order valence-corrected chi connectivity index (χ2v) is 5.49. The van der Waals surface area contributed by atoms with Crippen LogP contribution in [-0.4, -0.2) is 25.6 Å². The molecule has 0 aliphatic carbocycles. The largest absolute Gasteiger partial charge is 0.491 e. The Bertz CT molecular complexity index is 799. The van der Waals surface area contributed by atoms with E-state index in [9.17, 15) is 9.59 Å². The van der Waals surface area contributed by atoms with E-state index in [2.05, 4.69) is 0 Å². The second-order valence-electron chi connectivity index (χ2n) is 5.49. The SMILES string of the molecule is CCOC(=O)C1=C(OC)C(=O)N(c2ccccc2)[C@@H]1c1ccccc1. The number of hydrogen-bond acceptors (Lipinski definition) is 4. The van der Waals surface area contributed by atoms with E-state index in [4.69, 9.17) is 9.47 Å². The first kappa shape index (κ1) is 16.8. The average Bonchev–Trinajstić information content (AvgIpc) is 2.95. The highest BCUT2D eigenvalue weighted by Crippen LogP contribution is 2.41. The molecule has 0 bridgehead atoms. The van der Waals surface area contributed by atoms with Crippen LogP contribution >= 0.6 is 0 Å². The summed E-state index contributed by atoms with van der Waals surface area (Å²) >= 11 is 0. The van der Waals surface area contributed by atoms with E-state index in [0.717, 1.165) is 5.56 Å². The molecule has 0 spiro atoms. The number of anilines is 1. The van der Waals surface area contributed by atoms with Crippen LogP contribution in [0, 0.1) is 0 Å². The molecule has 0 aromatic heterocycles. The lowest BCUT2D eigenvalue weighted by Gasteiger charge is -2.26. The van der Waals surface area contributed by atoms with Crippen molar-refractivity contribution in [3.05, 3.63) is 77.6 Å². The Morgan fingerprint density at radius 3 is 2.20 bits per heavy atom. The van der Waals surface area contributed by atoms with E-state index >= 15 is 0 Å². The topological polar surface area (TPSA) is 55.8 Å². The third kappa shape index (κ3) is 3.01. The van der Waals surface area contributed by atoms with Crippen molar-refractivity contribution in [2.75, 3.05) is 18.6 Å². The molecule has 0 saturated carbocycles. The molecule has 1 atom stereocenters. The summed E-state index contributed by atoms with van der Waals surface area (Å²) < 4.78 is 10.5. The Morgan fingerprint density at radius 2 is 1.64 bits per heavy atom. The maximum absolute atomic E-state index is 13.0. The number of hydrogen-bond donors (Lipinski definition) is 0. The molecular weight excluding hydrogens is 318 g/mol. The Balaban J connectivity index is 2.17. The minimum atomic E-state index is -0.593. The predicted octanol–water partition coefficient (Wildman–Crippen LogP) is 3.24. The first-order valence-electron chi connectivity index (χ1n) is 8.07. The third-order valence-corrected chi connectivity index (χ3v) is 4.04. The van der Waals surface area contributed by atoms with Crippen LogP contribution in [0.15, 0.2) is 72.0 Å². The molecular formula is C20H19NO4. The van der Waals surface area contributed by atoms with Gasteiger partial charge in [-0.05, 0) is 24.6 Å². The molecule has 3 rings (SSSR count). The van der Waals surface area contributed by atoms with Crippen molar-refractivity contribution in [3.63, 3.8) is 0 Å². The van der Waals surface area contributed by atoms with Crippen LogP contribution in [0.1, 0.15) is 18.5 Å². The molecule has 25 heavy (non-hydrogen) atoms. The molecule has 2 aromatic carbocycles. The fourth-order valence-corrected chi connectivity index (χ4v) is 3.01. The molecule has 0 N–H and O–H groups in total. The van der Waals surface area contributed by atoms with Gasteiger partial charge in [-0.3, -0.25) is 9.69 Å². The van der Waals surface area contributed by atoms with Gasteiger partial charge in [-0.1, -0.05) is 48.5 Å². The van der Waals surface area contributed by atoms with E-state index in [0.29, 0.717) is 5.69 Å². The summed E-state index contributed by atoms with van der Waals surface area (Å²) in [6.07, 6.45) is 0. The van der Waals surface area contributed by atoms with Crippen molar-refractivity contribution in [3.8, 4) is 0 Å². The number of benzene rings is 2. The molecule has 1 heterocycles. The number of ether oxygens (including phenoxy) is 2. The van der Waals surface area contributed by atoms with Crippen molar-refractivity contribution in [1.29, 1.82) is 0 Å². The van der Waals surface area contributed by atoms with Gasteiger partial charge in [0.2, 0.25) is 0 Å². The molecule has 1 aliphatic heterocycles. The van der Waals surface area contributed by atoms with Crippen molar-refractivity contribution in [2.45, 2.75) is 13.0 Å². The van der Waals surface area contributed by atoms with Crippen molar-refractivity contribution < 1.29 is 19.1 Å². The predicted molar refractivity (Wildman–Crippen MR) is 93.8 cm³/mol. The zero-order valence-corrected chi connectivity index (χ0v) is 14.1. The monoisotopic (exact) mass is 337 g/mol. The van der Waals surface area contributed by atoms with E-state index in [1.807, 2.05) is 60.7 Å². The van der Waals surface area contributed by atoms with Crippen LogP contribution in [0.4, 0.5) is 5.69 Å². The Labute approximate surface area is 146 Å². The number of amides is 1. The molecule has 0 unspecified atom stereocenters. The Kier molecular flexibility index (Phi) is 4.84. The van der Waals surface area contributed by atoms with Crippen LogP contribution in [0.5, 0.6) is 0 Å². The number of methoxy groups -OCH3 is 1. The zero-order valence-electron chi connectivity index (χ0n) is 14.1. The van der Waals surface area contributed by atoms with Gasteiger partial charge < -0.3 is 9.47 Å². The highest BCUT2D eigenvalue weighted by molar-refractivity contribution is 6.15. The fourth-order valence-electron chi connectivity index (χ4n) is 3.01. The summed E-state index contributed by atoms with van der Waals surface area (Å²) in [4.78, 5) is 27.1. The number of carbonyl (C=O) groups is 2. The maximum atomic E-state index is 13.0. The number of para-hydroxylation sites is 1. The summed E-state index contributed by atoms with van der Waals surface area (Å²) in [5.41, 5.74) is 1.73. The van der Waals surface area contributed by atoms with Crippen LogP contribution in [-0.2, 0) is 19.1 Å². The third-order valence-electron chi connectivity index (χ3n) is 4.04. The van der Waals surface area contributed by atoms with Crippen LogP contribution in [0.3, 0.4) is 0 Å². The van der Waals surface area contributed by atoms with Crippen LogP contribution in [0.25, 0.3) is 0 Å². The number of carbonyl (C=O) groups excluding carboxylic acids is 2. The molecule has 0 radical (unpaired) electrons. The van der Waals surface area contributed by atoms with Crippen LogP contribution in [0.2, 0.25) is 0 Å². The van der Waals surface area contributed by atoms with Gasteiger partial charge >= 0.3 is 5.97 Å². The minimum absolute atomic E-state index is 0.0242. The quantitative estimate of drug-likeness (QED) is 0.786. The standard InChI is InChI=1S/C20H19NO4/c1-3-25-20(23)16-17(14-10-6-4-7-11-14)21(19(22)18(16)24-2)15-12-8-5-9-13-15/h4-13,17H,3H2,1-2H3/t17-/m1/s1. The number of esters is 1. The van der Waals surface area contributed by atoms with Gasteiger partial charge in [0.1, 0.15) is 5.57 Å². The number of rotatable bonds is 5. The summed E-state index contributed by atoms with van der Waals surface area (Å²) in [5.74, 6) is -0.873. The molecule has 5 nitrogen and oxygen atoms in total. The molecule has 128 valence electrons. The first-order chi connectivity index (χ1) is 12.2. The smallest absolute Gasteiger partial charge is 0.340 e. The summed E-state index contributed by atoms with van der Waals surface area (Å²) in [6.45, 7) is 1.95. The van der Waals surface area contributed by atoms with Gasteiger partial charge in [-0.15, -0.1) is 0 Å². The first-order valence-corrected chi connectivity index (χ1v) is 8.07.